The summed E-state index contributed by atoms with van der Waals surface area (Å²) in [6, 6.07) is 0. The molecule has 9 nitrogen and oxygen atoms in total. The molecule has 0 aliphatic heterocycles. The van der Waals surface area contributed by atoms with Gasteiger partial charge in [-0.05, 0) is 12.8 Å². The molecule has 0 rings (SSSR count). The Balaban J connectivity index is 0. The monoisotopic (exact) mass is 813 g/mol. The van der Waals surface area contributed by atoms with Crippen molar-refractivity contribution in [1.29, 1.82) is 0 Å². The Morgan fingerprint density at radius 1 is 0.509 bits per heavy atom. The van der Waals surface area contributed by atoms with Crippen LogP contribution in [-0.4, -0.2) is 70.0 Å². The van der Waals surface area contributed by atoms with Crippen molar-refractivity contribution in [2.45, 2.75) is 225 Å². The molecule has 0 aliphatic rings. The molecular weight excluding hydrogens is 724 g/mol. The van der Waals surface area contributed by atoms with E-state index in [4.69, 9.17) is 18.5 Å². The molecule has 0 aromatic heterocycles. The number of carbonyl (C=O) groups excluding carboxylic acids is 2. The summed E-state index contributed by atoms with van der Waals surface area (Å²) in [5, 5.41) is 0. The second-order valence-corrected chi connectivity index (χ2v) is 18.2. The van der Waals surface area contributed by atoms with Gasteiger partial charge >= 0.3 is 41.5 Å². The Bertz CT molecular complexity index is 904. The average molecular weight is 813 g/mol. The van der Waals surface area contributed by atoms with Gasteiger partial charge in [-0.1, -0.05) is 194 Å². The van der Waals surface area contributed by atoms with Crippen LogP contribution in [0.1, 0.15) is 219 Å². The van der Waals surface area contributed by atoms with Crippen LogP contribution < -0.4 is 34.5 Å². The van der Waals surface area contributed by atoms with Crippen molar-refractivity contribution < 1.29 is 71.6 Å². The summed E-state index contributed by atoms with van der Waals surface area (Å²) in [6.45, 7) is 4.27. The molecule has 0 heterocycles. The number of esters is 2. The Morgan fingerprint density at radius 2 is 0.836 bits per heavy atom. The fourth-order valence-electron chi connectivity index (χ4n) is 6.54. The van der Waals surface area contributed by atoms with Crippen LogP contribution in [0.15, 0.2) is 0 Å². The molecule has 55 heavy (non-hydrogen) atoms. The summed E-state index contributed by atoms with van der Waals surface area (Å²) in [5.74, 6) is -0.818. The first-order valence-corrected chi connectivity index (χ1v) is 24.2. The number of hydrogen-bond donors (Lipinski definition) is 0. The molecule has 0 fully saturated rings. The van der Waals surface area contributed by atoms with Crippen molar-refractivity contribution in [3.8, 4) is 0 Å². The summed E-state index contributed by atoms with van der Waals surface area (Å²) in [4.78, 5) is 37.5. The molecule has 0 saturated carbocycles. The second-order valence-electron chi connectivity index (χ2n) is 16.8. The van der Waals surface area contributed by atoms with Crippen LogP contribution in [0, 0.1) is 0 Å². The third-order valence-electron chi connectivity index (χ3n) is 10.1. The van der Waals surface area contributed by atoms with Crippen molar-refractivity contribution in [2.24, 2.45) is 0 Å². The van der Waals surface area contributed by atoms with E-state index in [1.807, 2.05) is 21.1 Å². The summed E-state index contributed by atoms with van der Waals surface area (Å²) in [6.07, 6.45) is 36.9. The fourth-order valence-corrected chi connectivity index (χ4v) is 7.27. The third kappa shape index (κ3) is 45.0. The molecule has 0 aromatic rings. The molecule has 0 spiro atoms. The summed E-state index contributed by atoms with van der Waals surface area (Å²) < 4.78 is 33.9. The maximum absolute atomic E-state index is 12.7. The summed E-state index contributed by atoms with van der Waals surface area (Å²) in [5.41, 5.74) is 0. The molecule has 0 N–H and O–H groups in total. The number of likely N-dealkylation sites (N-methyl/N-ethyl adjacent to an activating group) is 1. The quantitative estimate of drug-likeness (QED) is 0.0197. The van der Waals surface area contributed by atoms with Gasteiger partial charge in [0.05, 0.1) is 27.7 Å². The molecule has 0 aromatic carbocycles. The molecule has 1 unspecified atom stereocenters. The van der Waals surface area contributed by atoms with E-state index in [2.05, 4.69) is 13.8 Å². The van der Waals surface area contributed by atoms with Crippen LogP contribution >= 0.6 is 7.82 Å². The normalized spacial score (nSPS) is 13.3. The Morgan fingerprint density at radius 3 is 1.18 bits per heavy atom. The molecule has 0 amide bonds. The maximum Gasteiger partial charge on any atom is 1.00 e. The molecule has 0 bridgehead atoms. The van der Waals surface area contributed by atoms with Crippen molar-refractivity contribution in [3.05, 3.63) is 0 Å². The summed E-state index contributed by atoms with van der Waals surface area (Å²) in [7, 11) is 1.18. The molecule has 0 radical (unpaired) electrons. The van der Waals surface area contributed by atoms with Gasteiger partial charge in [-0.25, -0.2) is 0 Å². The SMILES string of the molecule is CCCCCCCCCCCCCCCCCC(=O)OC[C@H](COP(=O)([O-])OCC[N+](C)(C)C)OC(=O)CCCCCCCCCCCCCCCCC.[Na+]. The van der Waals surface area contributed by atoms with Crippen molar-refractivity contribution >= 4 is 19.8 Å². The topological polar surface area (TPSA) is 111 Å². The molecular formula is C44H88NNaO8P+. The van der Waals surface area contributed by atoms with E-state index in [9.17, 15) is 19.0 Å². The number of phosphoric acid groups is 1. The van der Waals surface area contributed by atoms with Crippen LogP contribution in [-0.2, 0) is 32.7 Å². The Labute approximate surface area is 362 Å². The zero-order chi connectivity index (χ0) is 40.0. The van der Waals surface area contributed by atoms with Gasteiger partial charge in [0.15, 0.2) is 6.10 Å². The minimum atomic E-state index is -4.62. The first-order chi connectivity index (χ1) is 26.0. The van der Waals surface area contributed by atoms with Crippen molar-refractivity contribution in [2.75, 3.05) is 47.5 Å². The van der Waals surface area contributed by atoms with Gasteiger partial charge < -0.3 is 27.9 Å². The molecule has 11 heteroatoms. The van der Waals surface area contributed by atoms with E-state index in [1.165, 1.54) is 154 Å². The Hall–Kier alpha value is 0.0100. The van der Waals surface area contributed by atoms with Gasteiger partial charge in [0.25, 0.3) is 7.82 Å². The van der Waals surface area contributed by atoms with Gasteiger partial charge in [0.1, 0.15) is 19.8 Å². The van der Waals surface area contributed by atoms with Gasteiger partial charge in [0, 0.05) is 12.8 Å². The van der Waals surface area contributed by atoms with E-state index >= 15 is 0 Å². The van der Waals surface area contributed by atoms with E-state index in [1.54, 1.807) is 0 Å². The first kappa shape index (κ1) is 57.1. The largest absolute Gasteiger partial charge is 1.00 e. The zero-order valence-corrected chi connectivity index (χ0v) is 40.1. The number of phosphoric ester groups is 1. The average Bonchev–Trinajstić information content (AvgIpc) is 3.12. The van der Waals surface area contributed by atoms with E-state index in [-0.39, 0.29) is 61.6 Å². The van der Waals surface area contributed by atoms with Gasteiger partial charge in [-0.15, -0.1) is 0 Å². The minimum Gasteiger partial charge on any atom is -0.756 e. The number of ether oxygens (including phenoxy) is 2. The van der Waals surface area contributed by atoms with Crippen molar-refractivity contribution in [3.63, 3.8) is 0 Å². The second kappa shape index (κ2) is 40.8. The third-order valence-corrected chi connectivity index (χ3v) is 11.1. The fraction of sp³-hybridized carbons (Fsp3) is 0.955. The van der Waals surface area contributed by atoms with E-state index < -0.39 is 26.5 Å². The van der Waals surface area contributed by atoms with Crippen LogP contribution in [0.3, 0.4) is 0 Å². The van der Waals surface area contributed by atoms with E-state index in [0.717, 1.165) is 32.1 Å². The molecule has 0 saturated heterocycles. The van der Waals surface area contributed by atoms with Gasteiger partial charge in [0.2, 0.25) is 0 Å². The number of hydrogen-bond acceptors (Lipinski definition) is 8. The number of quaternary nitrogens is 1. The number of carbonyl (C=O) groups is 2. The smallest absolute Gasteiger partial charge is 0.756 e. The molecule has 2 atom stereocenters. The maximum atomic E-state index is 12.7. The van der Waals surface area contributed by atoms with Crippen molar-refractivity contribution in [1.82, 2.24) is 0 Å². The number of unbranched alkanes of at least 4 members (excludes halogenated alkanes) is 28. The van der Waals surface area contributed by atoms with Gasteiger partial charge in [-0.2, -0.15) is 0 Å². The standard InChI is InChI=1S/C44H88NO8P.Na/c1-6-8-10-12-14-16-18-20-22-24-26-28-30-32-34-36-43(46)50-40-42(41-52-54(48,49)51-39-38-45(3,4)5)53-44(47)37-35-33-31-29-27-25-23-21-19-17-15-13-11-9-7-2;/h42H,6-41H2,1-5H3;/q;+1/t42-;/m1./s1. The summed E-state index contributed by atoms with van der Waals surface area (Å²) >= 11 is 0. The van der Waals surface area contributed by atoms with Crippen LogP contribution in [0.2, 0.25) is 0 Å². The Kier molecular flexibility index (Phi) is 42.3. The van der Waals surface area contributed by atoms with Gasteiger partial charge in [-0.3, -0.25) is 14.2 Å². The minimum absolute atomic E-state index is 0. The van der Waals surface area contributed by atoms with Crippen LogP contribution in [0.4, 0.5) is 0 Å². The predicted octanol–water partition coefficient (Wildman–Crippen LogP) is 9.18. The van der Waals surface area contributed by atoms with Crippen LogP contribution in [0.5, 0.6) is 0 Å². The number of nitrogens with zero attached hydrogens (tertiary/aromatic N) is 1. The zero-order valence-electron chi connectivity index (χ0n) is 37.2. The molecule has 322 valence electrons. The number of rotatable bonds is 42. The van der Waals surface area contributed by atoms with E-state index in [0.29, 0.717) is 17.4 Å². The predicted molar refractivity (Wildman–Crippen MR) is 222 cm³/mol. The first-order valence-electron chi connectivity index (χ1n) is 22.7. The molecule has 0 aliphatic carbocycles. The van der Waals surface area contributed by atoms with Crippen LogP contribution in [0.25, 0.3) is 0 Å².